The molecule has 14 heavy (non-hydrogen) atoms. The Labute approximate surface area is 86.5 Å². The molecule has 0 radical (unpaired) electrons. The molecule has 0 amide bonds. The van der Waals surface area contributed by atoms with Crippen molar-refractivity contribution in [2.45, 2.75) is 45.6 Å². The average Bonchev–Trinajstić information content (AvgIpc) is 3.00. The van der Waals surface area contributed by atoms with Crippen LogP contribution < -0.4 is 11.3 Å². The van der Waals surface area contributed by atoms with Crippen molar-refractivity contribution >= 4 is 5.96 Å². The largest absolute Gasteiger partial charge is 0.339 e. The Bertz CT molecular complexity index is 187. The third-order valence-corrected chi connectivity index (χ3v) is 2.45. The van der Waals surface area contributed by atoms with Crippen LogP contribution in [0.15, 0.2) is 4.99 Å². The van der Waals surface area contributed by atoms with Gasteiger partial charge in [0.05, 0.1) is 0 Å². The van der Waals surface area contributed by atoms with Crippen LogP contribution in [0.2, 0.25) is 0 Å². The Morgan fingerprint density at radius 2 is 2.21 bits per heavy atom. The smallest absolute Gasteiger partial charge is 0.208 e. The molecule has 0 heterocycles. The molecule has 1 rings (SSSR count). The van der Waals surface area contributed by atoms with Gasteiger partial charge >= 0.3 is 0 Å². The van der Waals surface area contributed by atoms with Gasteiger partial charge in [0.15, 0.2) is 0 Å². The molecule has 0 aromatic heterocycles. The molecule has 0 unspecified atom stereocenters. The van der Waals surface area contributed by atoms with Crippen molar-refractivity contribution < 1.29 is 0 Å². The summed E-state index contributed by atoms with van der Waals surface area (Å²) in [5.74, 6) is 6.34. The minimum Gasteiger partial charge on any atom is -0.339 e. The van der Waals surface area contributed by atoms with Crippen LogP contribution in [0.5, 0.6) is 0 Å². The van der Waals surface area contributed by atoms with Crippen molar-refractivity contribution in [2.75, 3.05) is 13.1 Å². The lowest BCUT2D eigenvalue weighted by Crippen LogP contribution is -2.46. The van der Waals surface area contributed by atoms with Gasteiger partial charge in [0.1, 0.15) is 0 Å². The fraction of sp³-hybridized carbons (Fsp3) is 0.900. The zero-order chi connectivity index (χ0) is 10.4. The number of guanidine groups is 1. The SMILES string of the molecule is CCCCN(C(=NCC)NN)C1CC1. The Morgan fingerprint density at radius 3 is 2.64 bits per heavy atom. The molecule has 0 saturated heterocycles. The molecule has 82 valence electrons. The molecule has 3 N–H and O–H groups in total. The van der Waals surface area contributed by atoms with Gasteiger partial charge in [0.25, 0.3) is 0 Å². The number of nitrogens with zero attached hydrogens (tertiary/aromatic N) is 2. The second kappa shape index (κ2) is 5.86. The summed E-state index contributed by atoms with van der Waals surface area (Å²) in [6.45, 7) is 6.10. The summed E-state index contributed by atoms with van der Waals surface area (Å²) in [7, 11) is 0. The summed E-state index contributed by atoms with van der Waals surface area (Å²) in [5, 5.41) is 0. The molecule has 1 fully saturated rings. The standard InChI is InChI=1S/C10H22N4/c1-3-5-8-14(9-6-7-9)10(13-11)12-4-2/h9H,3-8,11H2,1-2H3,(H,12,13). The van der Waals surface area contributed by atoms with E-state index in [1.165, 1.54) is 25.7 Å². The maximum atomic E-state index is 5.47. The van der Waals surface area contributed by atoms with Gasteiger partial charge in [0.2, 0.25) is 5.96 Å². The lowest BCUT2D eigenvalue weighted by Gasteiger charge is -2.25. The summed E-state index contributed by atoms with van der Waals surface area (Å²) in [6.07, 6.45) is 5.00. The molecular formula is C10H22N4. The second-order valence-corrected chi connectivity index (χ2v) is 3.72. The van der Waals surface area contributed by atoms with Crippen LogP contribution in [0.25, 0.3) is 0 Å². The van der Waals surface area contributed by atoms with Crippen LogP contribution >= 0.6 is 0 Å². The molecule has 0 bridgehead atoms. The van der Waals surface area contributed by atoms with E-state index in [1.54, 1.807) is 0 Å². The van der Waals surface area contributed by atoms with Gasteiger partial charge in [-0.2, -0.15) is 0 Å². The highest BCUT2D eigenvalue weighted by molar-refractivity contribution is 5.80. The van der Waals surface area contributed by atoms with E-state index >= 15 is 0 Å². The predicted molar refractivity (Wildman–Crippen MR) is 59.9 cm³/mol. The van der Waals surface area contributed by atoms with Crippen LogP contribution in [0.3, 0.4) is 0 Å². The van der Waals surface area contributed by atoms with E-state index in [-0.39, 0.29) is 0 Å². The van der Waals surface area contributed by atoms with E-state index in [1.807, 2.05) is 6.92 Å². The Morgan fingerprint density at radius 1 is 1.50 bits per heavy atom. The van der Waals surface area contributed by atoms with Crippen molar-refractivity contribution in [3.8, 4) is 0 Å². The number of aliphatic imine (C=N–C) groups is 1. The van der Waals surface area contributed by atoms with Crippen molar-refractivity contribution in [3.63, 3.8) is 0 Å². The number of unbranched alkanes of at least 4 members (excludes halogenated alkanes) is 1. The average molecular weight is 198 g/mol. The molecule has 4 heteroatoms. The normalized spacial score (nSPS) is 16.9. The molecule has 0 spiro atoms. The Hall–Kier alpha value is -0.770. The highest BCUT2D eigenvalue weighted by atomic mass is 15.4. The maximum absolute atomic E-state index is 5.47. The van der Waals surface area contributed by atoms with Crippen LogP contribution in [-0.2, 0) is 0 Å². The van der Waals surface area contributed by atoms with E-state index < -0.39 is 0 Å². The zero-order valence-corrected chi connectivity index (χ0v) is 9.29. The van der Waals surface area contributed by atoms with E-state index in [9.17, 15) is 0 Å². The first kappa shape index (κ1) is 11.3. The van der Waals surface area contributed by atoms with Crippen molar-refractivity contribution in [1.82, 2.24) is 10.3 Å². The first-order valence-electron chi connectivity index (χ1n) is 5.61. The lowest BCUT2D eigenvalue weighted by atomic mass is 10.3. The molecule has 0 aromatic rings. The molecule has 4 nitrogen and oxygen atoms in total. The van der Waals surface area contributed by atoms with Gasteiger partial charge in [-0.3, -0.25) is 10.4 Å². The number of hydrogen-bond acceptors (Lipinski definition) is 2. The van der Waals surface area contributed by atoms with E-state index in [4.69, 9.17) is 5.84 Å². The fourth-order valence-corrected chi connectivity index (χ4v) is 1.55. The highest BCUT2D eigenvalue weighted by Gasteiger charge is 2.30. The minimum absolute atomic E-state index is 0.683. The number of nitrogens with one attached hydrogen (secondary N) is 1. The van der Waals surface area contributed by atoms with Gasteiger partial charge in [-0.05, 0) is 26.2 Å². The van der Waals surface area contributed by atoms with Crippen molar-refractivity contribution in [2.24, 2.45) is 10.8 Å². The van der Waals surface area contributed by atoms with Gasteiger partial charge in [-0.25, -0.2) is 5.84 Å². The van der Waals surface area contributed by atoms with Gasteiger partial charge in [-0.15, -0.1) is 0 Å². The first-order valence-corrected chi connectivity index (χ1v) is 5.61. The van der Waals surface area contributed by atoms with Gasteiger partial charge in [0, 0.05) is 19.1 Å². The molecule has 0 atom stereocenters. The molecule has 0 aromatic carbocycles. The quantitative estimate of drug-likeness (QED) is 0.301. The monoisotopic (exact) mass is 198 g/mol. The summed E-state index contributed by atoms with van der Waals surface area (Å²) in [4.78, 5) is 6.68. The van der Waals surface area contributed by atoms with E-state index in [0.717, 1.165) is 19.0 Å². The number of hydrazine groups is 1. The van der Waals surface area contributed by atoms with Crippen molar-refractivity contribution in [3.05, 3.63) is 0 Å². The van der Waals surface area contributed by atoms with Gasteiger partial charge < -0.3 is 4.90 Å². The van der Waals surface area contributed by atoms with Crippen LogP contribution in [0.4, 0.5) is 0 Å². The Balaban J connectivity index is 2.50. The van der Waals surface area contributed by atoms with Crippen LogP contribution in [0, 0.1) is 0 Å². The Kier molecular flexibility index (Phi) is 4.73. The number of hydrogen-bond donors (Lipinski definition) is 2. The summed E-state index contributed by atoms with van der Waals surface area (Å²) in [6, 6.07) is 0.683. The highest BCUT2D eigenvalue weighted by Crippen LogP contribution is 2.26. The van der Waals surface area contributed by atoms with E-state index in [0.29, 0.717) is 6.04 Å². The molecule has 1 saturated carbocycles. The maximum Gasteiger partial charge on any atom is 0.208 e. The molecule has 1 aliphatic carbocycles. The number of rotatable bonds is 5. The second-order valence-electron chi connectivity index (χ2n) is 3.72. The first-order chi connectivity index (χ1) is 6.83. The summed E-state index contributed by atoms with van der Waals surface area (Å²) >= 11 is 0. The lowest BCUT2D eigenvalue weighted by molar-refractivity contribution is 0.384. The van der Waals surface area contributed by atoms with Crippen LogP contribution in [0.1, 0.15) is 39.5 Å². The topological polar surface area (TPSA) is 53.6 Å². The zero-order valence-electron chi connectivity index (χ0n) is 9.29. The van der Waals surface area contributed by atoms with Gasteiger partial charge in [-0.1, -0.05) is 13.3 Å². The number of nitrogens with two attached hydrogens (primary N) is 1. The summed E-state index contributed by atoms with van der Waals surface area (Å²) < 4.78 is 0. The third kappa shape index (κ3) is 3.18. The van der Waals surface area contributed by atoms with E-state index in [2.05, 4.69) is 22.2 Å². The predicted octanol–water partition coefficient (Wildman–Crippen LogP) is 1.09. The third-order valence-electron chi connectivity index (χ3n) is 2.45. The molecule has 0 aliphatic heterocycles. The fourth-order valence-electron chi connectivity index (χ4n) is 1.55. The van der Waals surface area contributed by atoms with Crippen molar-refractivity contribution in [1.29, 1.82) is 0 Å². The molecule has 1 aliphatic rings. The minimum atomic E-state index is 0.683. The van der Waals surface area contributed by atoms with Crippen LogP contribution in [-0.4, -0.2) is 30.0 Å². The molecular weight excluding hydrogens is 176 g/mol. The summed E-state index contributed by atoms with van der Waals surface area (Å²) in [5.41, 5.74) is 2.71.